The van der Waals surface area contributed by atoms with Crippen molar-refractivity contribution in [3.05, 3.63) is 24.3 Å². The zero-order chi connectivity index (χ0) is 18.7. The maximum atomic E-state index is 12.1. The molecule has 3 rings (SSSR count). The first kappa shape index (κ1) is 20.1. The Labute approximate surface area is 163 Å². The van der Waals surface area contributed by atoms with Gasteiger partial charge in [0.2, 0.25) is 5.91 Å². The molecule has 2 saturated heterocycles. The van der Waals surface area contributed by atoms with E-state index in [9.17, 15) is 4.79 Å². The molecule has 0 unspecified atom stereocenters. The normalized spacial score (nSPS) is 18.9. The quantitative estimate of drug-likeness (QED) is 0.684. The highest BCUT2D eigenvalue weighted by atomic mass is 16.5. The summed E-state index contributed by atoms with van der Waals surface area (Å²) in [6, 6.07) is 8.26. The number of anilines is 2. The molecule has 6 nitrogen and oxygen atoms in total. The molecule has 27 heavy (non-hydrogen) atoms. The van der Waals surface area contributed by atoms with Crippen LogP contribution in [0.2, 0.25) is 0 Å². The van der Waals surface area contributed by atoms with E-state index in [1.807, 2.05) is 12.1 Å². The summed E-state index contributed by atoms with van der Waals surface area (Å²) in [4.78, 5) is 17.0. The molecule has 2 fully saturated rings. The third-order valence-corrected chi connectivity index (χ3v) is 5.34. The molecule has 0 radical (unpaired) electrons. The summed E-state index contributed by atoms with van der Waals surface area (Å²) in [5, 5.41) is 6.21. The van der Waals surface area contributed by atoms with Crippen molar-refractivity contribution in [3.8, 4) is 0 Å². The van der Waals surface area contributed by atoms with E-state index in [2.05, 4.69) is 32.6 Å². The molecule has 0 bridgehead atoms. The van der Waals surface area contributed by atoms with Crippen molar-refractivity contribution in [3.63, 3.8) is 0 Å². The minimum atomic E-state index is 0.0175. The number of hydrogen-bond acceptors (Lipinski definition) is 5. The van der Waals surface area contributed by atoms with Crippen molar-refractivity contribution >= 4 is 17.3 Å². The summed E-state index contributed by atoms with van der Waals surface area (Å²) in [6.07, 6.45) is 6.28. The van der Waals surface area contributed by atoms with Gasteiger partial charge >= 0.3 is 0 Å². The van der Waals surface area contributed by atoms with Crippen LogP contribution in [-0.4, -0.2) is 69.8 Å². The molecule has 1 aromatic carbocycles. The first-order valence-corrected chi connectivity index (χ1v) is 10.5. The number of hydrogen-bond donors (Lipinski definition) is 2. The first-order chi connectivity index (χ1) is 13.3. The minimum Gasteiger partial charge on any atom is -0.379 e. The Morgan fingerprint density at radius 1 is 0.963 bits per heavy atom. The molecule has 2 aliphatic heterocycles. The van der Waals surface area contributed by atoms with Crippen molar-refractivity contribution in [2.45, 2.75) is 32.1 Å². The molecule has 0 aromatic heterocycles. The van der Waals surface area contributed by atoms with Crippen LogP contribution in [0.5, 0.6) is 0 Å². The van der Waals surface area contributed by atoms with Crippen molar-refractivity contribution in [1.29, 1.82) is 0 Å². The lowest BCUT2D eigenvalue weighted by atomic mass is 10.2. The van der Waals surface area contributed by atoms with Gasteiger partial charge in [-0.2, -0.15) is 0 Å². The van der Waals surface area contributed by atoms with Crippen LogP contribution in [0.25, 0.3) is 0 Å². The van der Waals surface area contributed by atoms with Crippen LogP contribution in [0, 0.1) is 0 Å². The number of benzene rings is 1. The largest absolute Gasteiger partial charge is 0.379 e. The Balaban J connectivity index is 1.31. The second-order valence-corrected chi connectivity index (χ2v) is 7.48. The highest BCUT2D eigenvalue weighted by Crippen LogP contribution is 2.21. The van der Waals surface area contributed by atoms with Crippen LogP contribution in [0.15, 0.2) is 24.3 Å². The van der Waals surface area contributed by atoms with Crippen LogP contribution < -0.4 is 15.5 Å². The van der Waals surface area contributed by atoms with Gasteiger partial charge < -0.3 is 20.3 Å². The van der Waals surface area contributed by atoms with E-state index < -0.39 is 0 Å². The summed E-state index contributed by atoms with van der Waals surface area (Å²) in [6.45, 7) is 8.28. The average molecular weight is 375 g/mol. The standard InChI is InChI=1S/C21H34N4O2/c26-21(18-22-10-5-11-24-14-16-27-17-15-24)23-19-6-8-20(9-7-19)25-12-3-1-2-4-13-25/h6-9,22H,1-5,10-18H2,(H,23,26). The van der Waals surface area contributed by atoms with Gasteiger partial charge in [-0.05, 0) is 56.6 Å². The fourth-order valence-electron chi connectivity index (χ4n) is 3.74. The zero-order valence-electron chi connectivity index (χ0n) is 16.4. The third kappa shape index (κ3) is 7.13. The average Bonchev–Trinajstić information content (AvgIpc) is 2.99. The second kappa shape index (κ2) is 11.3. The zero-order valence-corrected chi connectivity index (χ0v) is 16.4. The molecule has 0 atom stereocenters. The fraction of sp³-hybridized carbons (Fsp3) is 0.667. The van der Waals surface area contributed by atoms with E-state index in [4.69, 9.17) is 4.74 Å². The Bertz CT molecular complexity index is 550. The van der Waals surface area contributed by atoms with Gasteiger partial charge in [-0.15, -0.1) is 0 Å². The van der Waals surface area contributed by atoms with Gasteiger partial charge in [-0.3, -0.25) is 9.69 Å². The SMILES string of the molecule is O=C(CNCCCN1CCOCC1)Nc1ccc(N2CCCCCC2)cc1. The van der Waals surface area contributed by atoms with E-state index in [1.54, 1.807) is 0 Å². The molecule has 2 N–H and O–H groups in total. The summed E-state index contributed by atoms with van der Waals surface area (Å²) < 4.78 is 5.35. The van der Waals surface area contributed by atoms with E-state index in [-0.39, 0.29) is 5.91 Å². The van der Waals surface area contributed by atoms with Gasteiger partial charge in [0.05, 0.1) is 19.8 Å². The number of rotatable bonds is 8. The highest BCUT2D eigenvalue weighted by Gasteiger charge is 2.11. The Hall–Kier alpha value is -1.63. The summed E-state index contributed by atoms with van der Waals surface area (Å²) in [5.74, 6) is 0.0175. The molecule has 0 saturated carbocycles. The van der Waals surface area contributed by atoms with Crippen molar-refractivity contribution in [2.75, 3.05) is 69.2 Å². The number of carbonyl (C=O) groups excluding carboxylic acids is 1. The molecule has 1 amide bonds. The summed E-state index contributed by atoms with van der Waals surface area (Å²) in [5.41, 5.74) is 2.13. The number of amides is 1. The lowest BCUT2D eigenvalue weighted by Crippen LogP contribution is -2.38. The van der Waals surface area contributed by atoms with Gasteiger partial charge in [0.1, 0.15) is 0 Å². The Morgan fingerprint density at radius 3 is 2.37 bits per heavy atom. The number of morpholine rings is 1. The molecular weight excluding hydrogens is 340 g/mol. The highest BCUT2D eigenvalue weighted by molar-refractivity contribution is 5.92. The van der Waals surface area contributed by atoms with E-state index >= 15 is 0 Å². The van der Waals surface area contributed by atoms with Gasteiger partial charge in [0.25, 0.3) is 0 Å². The minimum absolute atomic E-state index is 0.0175. The van der Waals surface area contributed by atoms with Crippen LogP contribution >= 0.6 is 0 Å². The number of nitrogens with zero attached hydrogens (tertiary/aromatic N) is 2. The molecule has 0 spiro atoms. The second-order valence-electron chi connectivity index (χ2n) is 7.48. The van der Waals surface area contributed by atoms with Gasteiger partial charge in [0, 0.05) is 37.6 Å². The molecule has 0 aliphatic carbocycles. The van der Waals surface area contributed by atoms with Crippen molar-refractivity contribution in [2.24, 2.45) is 0 Å². The maximum Gasteiger partial charge on any atom is 0.238 e. The summed E-state index contributed by atoms with van der Waals surface area (Å²) in [7, 11) is 0. The number of carbonyl (C=O) groups is 1. The topological polar surface area (TPSA) is 56.8 Å². The monoisotopic (exact) mass is 374 g/mol. The van der Waals surface area contributed by atoms with Gasteiger partial charge in [-0.1, -0.05) is 12.8 Å². The number of nitrogens with one attached hydrogen (secondary N) is 2. The molecular formula is C21H34N4O2. The first-order valence-electron chi connectivity index (χ1n) is 10.5. The Kier molecular flexibility index (Phi) is 8.39. The third-order valence-electron chi connectivity index (χ3n) is 5.34. The fourth-order valence-corrected chi connectivity index (χ4v) is 3.74. The summed E-state index contributed by atoms with van der Waals surface area (Å²) >= 11 is 0. The van der Waals surface area contributed by atoms with Crippen molar-refractivity contribution in [1.82, 2.24) is 10.2 Å². The lowest BCUT2D eigenvalue weighted by Gasteiger charge is -2.26. The van der Waals surface area contributed by atoms with Crippen LogP contribution in [0.4, 0.5) is 11.4 Å². The van der Waals surface area contributed by atoms with Crippen LogP contribution in [0.1, 0.15) is 32.1 Å². The van der Waals surface area contributed by atoms with Crippen LogP contribution in [-0.2, 0) is 9.53 Å². The predicted molar refractivity (Wildman–Crippen MR) is 110 cm³/mol. The van der Waals surface area contributed by atoms with Gasteiger partial charge in [0.15, 0.2) is 0 Å². The maximum absolute atomic E-state index is 12.1. The molecule has 2 aliphatic rings. The predicted octanol–water partition coefficient (Wildman–Crippen LogP) is 2.32. The van der Waals surface area contributed by atoms with E-state index in [1.165, 1.54) is 31.4 Å². The van der Waals surface area contributed by atoms with Crippen LogP contribution in [0.3, 0.4) is 0 Å². The van der Waals surface area contributed by atoms with E-state index in [0.717, 1.165) is 64.6 Å². The molecule has 6 heteroatoms. The van der Waals surface area contributed by atoms with Crippen molar-refractivity contribution < 1.29 is 9.53 Å². The van der Waals surface area contributed by atoms with E-state index in [0.29, 0.717) is 6.54 Å². The molecule has 150 valence electrons. The van der Waals surface area contributed by atoms with Gasteiger partial charge in [-0.25, -0.2) is 0 Å². The Morgan fingerprint density at radius 2 is 1.67 bits per heavy atom. The molecule has 2 heterocycles. The number of ether oxygens (including phenoxy) is 1. The lowest BCUT2D eigenvalue weighted by molar-refractivity contribution is -0.115. The smallest absolute Gasteiger partial charge is 0.238 e. The molecule has 1 aromatic rings.